The number of rotatable bonds is 6. The second-order valence-electron chi connectivity index (χ2n) is 9.14. The van der Waals surface area contributed by atoms with Crippen molar-refractivity contribution in [2.45, 2.75) is 69.1 Å². The Kier molecular flexibility index (Phi) is 6.58. The van der Waals surface area contributed by atoms with E-state index in [0.717, 1.165) is 0 Å². The molecule has 188 valence electrons. The van der Waals surface area contributed by atoms with Crippen LogP contribution in [0.5, 0.6) is 5.75 Å². The summed E-state index contributed by atoms with van der Waals surface area (Å²) in [5.41, 5.74) is 0.384. The van der Waals surface area contributed by atoms with Crippen LogP contribution in [0.15, 0.2) is 22.6 Å². The van der Waals surface area contributed by atoms with Crippen molar-refractivity contribution in [1.82, 2.24) is 10.2 Å². The highest BCUT2D eigenvalue weighted by Gasteiger charge is 2.43. The summed E-state index contributed by atoms with van der Waals surface area (Å²) in [6, 6.07) is 4.74. The fourth-order valence-corrected chi connectivity index (χ4v) is 4.82. The molecule has 3 atom stereocenters. The molecule has 3 heterocycles. The summed E-state index contributed by atoms with van der Waals surface area (Å²) in [4.78, 5) is 25.2. The first kappa shape index (κ1) is 24.2. The Morgan fingerprint density at radius 2 is 1.94 bits per heavy atom. The zero-order valence-corrected chi connectivity index (χ0v) is 19.2. The number of halogens is 4. The molecule has 0 spiro atoms. The van der Waals surface area contributed by atoms with Crippen molar-refractivity contribution >= 4 is 23.2 Å². The lowest BCUT2D eigenvalue weighted by Crippen LogP contribution is -2.36. The van der Waals surface area contributed by atoms with E-state index < -0.39 is 24.7 Å². The monoisotopic (exact) mass is 514 g/mol. The minimum Gasteiger partial charge on any atom is -0.481 e. The average molecular weight is 515 g/mol. The smallest absolute Gasteiger partial charge is 0.481 e. The molecule has 2 aromatic rings. The number of aromatic nitrogens is 2. The van der Waals surface area contributed by atoms with Gasteiger partial charge in [0.05, 0.1) is 24.7 Å². The van der Waals surface area contributed by atoms with Gasteiger partial charge >= 0.3 is 6.36 Å². The standard InChI is InChI=1S/C23H22ClF3N2O6/c24-13-2-4-18-15(8-13)16(30)9-20(33-18)17(31)5-11-1-3-19(32-10-11)22-29-28-21(34-22)12-6-14(7-12)35-23(25,26)27/h2,4,8,11-12,14,19-20H,1,3,5-7,9-10H2/t11-,12?,14?,19-,20-/m0/s1. The van der Waals surface area contributed by atoms with Gasteiger partial charge in [0.15, 0.2) is 17.7 Å². The van der Waals surface area contributed by atoms with E-state index in [1.807, 2.05) is 0 Å². The minimum atomic E-state index is -4.65. The highest BCUT2D eigenvalue weighted by atomic mass is 35.5. The molecule has 2 fully saturated rings. The Bertz CT molecular complexity index is 1110. The predicted molar refractivity (Wildman–Crippen MR) is 113 cm³/mol. The minimum absolute atomic E-state index is 0.0246. The van der Waals surface area contributed by atoms with Gasteiger partial charge in [0.1, 0.15) is 11.9 Å². The quantitative estimate of drug-likeness (QED) is 0.533. The number of alkyl halides is 3. The van der Waals surface area contributed by atoms with Gasteiger partial charge in [-0.2, -0.15) is 0 Å². The zero-order valence-electron chi connectivity index (χ0n) is 18.4. The van der Waals surface area contributed by atoms with Gasteiger partial charge < -0.3 is 13.9 Å². The van der Waals surface area contributed by atoms with Crippen molar-refractivity contribution in [3.05, 3.63) is 40.6 Å². The fraction of sp³-hybridized carbons (Fsp3) is 0.565. The van der Waals surface area contributed by atoms with Gasteiger partial charge in [-0.05, 0) is 49.8 Å². The van der Waals surface area contributed by atoms with E-state index in [0.29, 0.717) is 35.8 Å². The Balaban J connectivity index is 1.09. The highest BCUT2D eigenvalue weighted by Crippen LogP contribution is 2.42. The number of Topliss-reactive ketones (excluding diaryl/α,β-unsaturated/α-hetero) is 2. The highest BCUT2D eigenvalue weighted by molar-refractivity contribution is 6.31. The summed E-state index contributed by atoms with van der Waals surface area (Å²) >= 11 is 5.93. The molecule has 1 aromatic heterocycles. The molecule has 2 aliphatic heterocycles. The number of carbonyl (C=O) groups is 2. The SMILES string of the molecule is O=C1C[C@@H](C(=O)C[C@@H]2CC[C@@H](c3nnc(C4CC(OC(F)(F)F)C4)o3)OC2)Oc2ccc(Cl)cc21. The predicted octanol–water partition coefficient (Wildman–Crippen LogP) is 4.97. The van der Waals surface area contributed by atoms with Crippen LogP contribution >= 0.6 is 11.6 Å². The van der Waals surface area contributed by atoms with Gasteiger partial charge in [-0.3, -0.25) is 14.3 Å². The molecule has 5 rings (SSSR count). The van der Waals surface area contributed by atoms with Crippen molar-refractivity contribution in [2.24, 2.45) is 5.92 Å². The lowest BCUT2D eigenvalue weighted by atomic mass is 9.82. The van der Waals surface area contributed by atoms with E-state index in [2.05, 4.69) is 14.9 Å². The van der Waals surface area contributed by atoms with Crippen LogP contribution in [-0.2, 0) is 14.3 Å². The number of ether oxygens (including phenoxy) is 3. The van der Waals surface area contributed by atoms with E-state index in [1.54, 1.807) is 12.1 Å². The van der Waals surface area contributed by atoms with Gasteiger partial charge in [0.2, 0.25) is 11.8 Å². The normalized spacial score (nSPS) is 28.7. The lowest BCUT2D eigenvalue weighted by Gasteiger charge is -2.33. The molecule has 0 amide bonds. The van der Waals surface area contributed by atoms with Crippen molar-refractivity contribution in [1.29, 1.82) is 0 Å². The molecule has 12 heteroatoms. The number of hydrogen-bond donors (Lipinski definition) is 0. The number of benzene rings is 1. The summed E-state index contributed by atoms with van der Waals surface area (Å²) in [6.45, 7) is 0.298. The van der Waals surface area contributed by atoms with Crippen molar-refractivity contribution in [3.63, 3.8) is 0 Å². The molecule has 1 aromatic carbocycles. The van der Waals surface area contributed by atoms with Crippen LogP contribution in [0.2, 0.25) is 5.02 Å². The van der Waals surface area contributed by atoms with Crippen LogP contribution in [0.25, 0.3) is 0 Å². The topological polar surface area (TPSA) is 101 Å². The van der Waals surface area contributed by atoms with Crippen molar-refractivity contribution in [2.75, 3.05) is 6.61 Å². The largest absolute Gasteiger partial charge is 0.522 e. The summed E-state index contributed by atoms with van der Waals surface area (Å²) in [5, 5.41) is 8.39. The Hall–Kier alpha value is -2.50. The molecule has 1 saturated heterocycles. The summed E-state index contributed by atoms with van der Waals surface area (Å²) < 4.78 is 58.1. The van der Waals surface area contributed by atoms with Crippen LogP contribution in [0.4, 0.5) is 13.2 Å². The first-order valence-electron chi connectivity index (χ1n) is 11.4. The maximum atomic E-state index is 12.8. The van der Waals surface area contributed by atoms with Crippen LogP contribution in [-0.4, -0.2) is 46.9 Å². The molecule has 1 aliphatic carbocycles. The summed E-state index contributed by atoms with van der Waals surface area (Å²) in [7, 11) is 0. The molecule has 0 radical (unpaired) electrons. The van der Waals surface area contributed by atoms with Crippen LogP contribution in [0, 0.1) is 5.92 Å². The first-order chi connectivity index (χ1) is 16.6. The molecule has 8 nitrogen and oxygen atoms in total. The maximum Gasteiger partial charge on any atom is 0.522 e. The van der Waals surface area contributed by atoms with Crippen LogP contribution < -0.4 is 4.74 Å². The summed E-state index contributed by atoms with van der Waals surface area (Å²) in [6.07, 6.45) is -5.07. The molecular formula is C23H22ClF3N2O6. The van der Waals surface area contributed by atoms with Crippen molar-refractivity contribution < 1.29 is 41.4 Å². The van der Waals surface area contributed by atoms with Gasteiger partial charge in [0, 0.05) is 17.4 Å². The molecular weight excluding hydrogens is 493 g/mol. The Morgan fingerprint density at radius 3 is 2.66 bits per heavy atom. The molecule has 0 bridgehead atoms. The third-order valence-electron chi connectivity index (χ3n) is 6.58. The number of hydrogen-bond acceptors (Lipinski definition) is 8. The van der Waals surface area contributed by atoms with E-state index in [9.17, 15) is 22.8 Å². The Morgan fingerprint density at radius 1 is 1.17 bits per heavy atom. The average Bonchev–Trinajstić information content (AvgIpc) is 3.26. The van der Waals surface area contributed by atoms with Gasteiger partial charge in [-0.15, -0.1) is 23.4 Å². The summed E-state index contributed by atoms with van der Waals surface area (Å²) in [5.74, 6) is 0.271. The number of ketones is 2. The lowest BCUT2D eigenvalue weighted by molar-refractivity contribution is -0.352. The zero-order chi connectivity index (χ0) is 24.7. The Labute approximate surface area is 203 Å². The van der Waals surface area contributed by atoms with E-state index in [1.165, 1.54) is 6.07 Å². The molecule has 1 saturated carbocycles. The molecule has 35 heavy (non-hydrogen) atoms. The molecule has 0 N–H and O–H groups in total. The first-order valence-corrected chi connectivity index (χ1v) is 11.7. The van der Waals surface area contributed by atoms with Crippen LogP contribution in [0.1, 0.15) is 72.7 Å². The van der Waals surface area contributed by atoms with Crippen molar-refractivity contribution in [3.8, 4) is 5.75 Å². The number of carbonyl (C=O) groups excluding carboxylic acids is 2. The van der Waals surface area contributed by atoms with Crippen LogP contribution in [0.3, 0.4) is 0 Å². The molecule has 0 unspecified atom stereocenters. The number of nitrogens with zero attached hydrogens (tertiary/aromatic N) is 2. The second-order valence-corrected chi connectivity index (χ2v) is 9.58. The second kappa shape index (κ2) is 9.51. The van der Waals surface area contributed by atoms with Gasteiger partial charge in [-0.1, -0.05) is 11.6 Å². The van der Waals surface area contributed by atoms with Gasteiger partial charge in [-0.25, -0.2) is 0 Å². The third-order valence-corrected chi connectivity index (χ3v) is 6.81. The number of fused-ring (bicyclic) bond motifs is 1. The van der Waals surface area contributed by atoms with Gasteiger partial charge in [0.25, 0.3) is 0 Å². The maximum absolute atomic E-state index is 12.8. The van der Waals surface area contributed by atoms with E-state index in [4.69, 9.17) is 25.5 Å². The third kappa shape index (κ3) is 5.52. The molecule has 3 aliphatic rings. The fourth-order valence-electron chi connectivity index (χ4n) is 4.65. The van der Waals surface area contributed by atoms with E-state index >= 15 is 0 Å². The van der Waals surface area contributed by atoms with E-state index in [-0.39, 0.29) is 60.9 Å².